The normalized spacial score (nSPS) is 12.3. The number of alkyl halides is 3. The van der Waals surface area contributed by atoms with Crippen LogP contribution in [0.25, 0.3) is 0 Å². The number of rotatable bonds is 6. The Kier molecular flexibility index (Phi) is 6.11. The van der Waals surface area contributed by atoms with Crippen molar-refractivity contribution in [3.63, 3.8) is 0 Å². The van der Waals surface area contributed by atoms with Gasteiger partial charge in [0.2, 0.25) is 10.0 Å². The lowest BCUT2D eigenvalue weighted by atomic mass is 10.1. The highest BCUT2D eigenvalue weighted by Crippen LogP contribution is 2.30. The van der Waals surface area contributed by atoms with E-state index in [1.165, 1.54) is 42.5 Å². The smallest absolute Gasteiger partial charge is 0.272 e. The summed E-state index contributed by atoms with van der Waals surface area (Å²) in [5.74, 6) is -0.828. The maximum atomic E-state index is 12.8. The third-order valence-corrected chi connectivity index (χ3v) is 4.55. The molecule has 0 aromatic heterocycles. The standard InChI is InChI=1S/C16H14F3N3O3S/c17-16(18,19)14-9-5-4-6-12(14)10-20-22-15(23)11-21-26(24,25)13-7-2-1-3-8-13/h1-10,21H,11H2,(H,22,23)/b20-10+. The summed E-state index contributed by atoms with van der Waals surface area (Å²) in [6.45, 7) is -0.616. The highest BCUT2D eigenvalue weighted by molar-refractivity contribution is 7.89. The van der Waals surface area contributed by atoms with Gasteiger partial charge < -0.3 is 0 Å². The molecule has 0 aliphatic rings. The van der Waals surface area contributed by atoms with E-state index in [1.807, 2.05) is 5.43 Å². The Morgan fingerprint density at radius 3 is 2.31 bits per heavy atom. The van der Waals surface area contributed by atoms with Crippen molar-refractivity contribution in [1.82, 2.24) is 10.1 Å². The number of sulfonamides is 1. The van der Waals surface area contributed by atoms with Crippen molar-refractivity contribution in [3.8, 4) is 0 Å². The van der Waals surface area contributed by atoms with Crippen molar-refractivity contribution >= 4 is 22.1 Å². The average Bonchev–Trinajstić information content (AvgIpc) is 2.60. The summed E-state index contributed by atoms with van der Waals surface area (Å²) in [7, 11) is -3.87. The first kappa shape index (κ1) is 19.6. The van der Waals surface area contributed by atoms with Gasteiger partial charge in [-0.05, 0) is 18.2 Å². The van der Waals surface area contributed by atoms with E-state index < -0.39 is 34.2 Å². The van der Waals surface area contributed by atoms with Gasteiger partial charge in [0.05, 0.1) is 23.2 Å². The number of amides is 1. The molecule has 0 spiro atoms. The Labute approximate surface area is 147 Å². The molecule has 0 aliphatic heterocycles. The molecule has 0 atom stereocenters. The molecule has 0 radical (unpaired) electrons. The first-order valence-corrected chi connectivity index (χ1v) is 8.71. The molecule has 2 aromatic carbocycles. The summed E-state index contributed by atoms with van der Waals surface area (Å²) in [4.78, 5) is 11.6. The van der Waals surface area contributed by atoms with Crippen LogP contribution in [0.4, 0.5) is 13.2 Å². The summed E-state index contributed by atoms with van der Waals surface area (Å²) >= 11 is 0. The molecule has 2 N–H and O–H groups in total. The molecule has 0 saturated heterocycles. The number of nitrogens with one attached hydrogen (secondary N) is 2. The summed E-state index contributed by atoms with van der Waals surface area (Å²) in [5.41, 5.74) is 0.839. The first-order chi connectivity index (χ1) is 12.2. The molecule has 0 unspecified atom stereocenters. The van der Waals surface area contributed by atoms with Crippen LogP contribution in [-0.2, 0) is 21.0 Å². The minimum atomic E-state index is -4.56. The minimum absolute atomic E-state index is 0.0181. The maximum Gasteiger partial charge on any atom is 0.417 e. The number of hydrogen-bond donors (Lipinski definition) is 2. The fraction of sp³-hybridized carbons (Fsp3) is 0.125. The van der Waals surface area contributed by atoms with E-state index in [9.17, 15) is 26.4 Å². The van der Waals surface area contributed by atoms with Crippen molar-refractivity contribution in [2.75, 3.05) is 6.54 Å². The van der Waals surface area contributed by atoms with Crippen LogP contribution in [0.3, 0.4) is 0 Å². The highest BCUT2D eigenvalue weighted by atomic mass is 32.2. The minimum Gasteiger partial charge on any atom is -0.272 e. The molecule has 0 aliphatic carbocycles. The van der Waals surface area contributed by atoms with Gasteiger partial charge in [-0.1, -0.05) is 36.4 Å². The summed E-state index contributed by atoms with van der Waals surface area (Å²) in [6.07, 6.45) is -3.72. The molecule has 10 heteroatoms. The SMILES string of the molecule is O=C(CNS(=O)(=O)c1ccccc1)N/N=C/c1ccccc1C(F)(F)F. The average molecular weight is 385 g/mol. The molecule has 2 aromatic rings. The topological polar surface area (TPSA) is 87.6 Å². The molecule has 0 bridgehead atoms. The van der Waals surface area contributed by atoms with E-state index in [0.29, 0.717) is 0 Å². The summed E-state index contributed by atoms with van der Waals surface area (Å²) in [6, 6.07) is 12.1. The molecule has 138 valence electrons. The molecule has 0 heterocycles. The molecule has 1 amide bonds. The van der Waals surface area contributed by atoms with E-state index in [2.05, 4.69) is 9.82 Å². The number of carbonyl (C=O) groups excluding carboxylic acids is 1. The van der Waals surface area contributed by atoms with Crippen LogP contribution in [0, 0.1) is 0 Å². The van der Waals surface area contributed by atoms with Crippen molar-refractivity contribution in [3.05, 3.63) is 65.7 Å². The predicted octanol–water partition coefficient (Wildman–Crippen LogP) is 2.13. The molecule has 0 fully saturated rings. The number of hydrogen-bond acceptors (Lipinski definition) is 4. The monoisotopic (exact) mass is 385 g/mol. The van der Waals surface area contributed by atoms with Gasteiger partial charge >= 0.3 is 6.18 Å². The van der Waals surface area contributed by atoms with Gasteiger partial charge in [-0.15, -0.1) is 0 Å². The second-order valence-corrected chi connectivity index (χ2v) is 6.78. The zero-order valence-corrected chi connectivity index (χ0v) is 14.0. The van der Waals surface area contributed by atoms with Crippen molar-refractivity contribution in [1.29, 1.82) is 0 Å². The quantitative estimate of drug-likeness (QED) is 0.590. The van der Waals surface area contributed by atoms with Gasteiger partial charge in [0.1, 0.15) is 0 Å². The van der Waals surface area contributed by atoms with Gasteiger partial charge in [0.15, 0.2) is 0 Å². The first-order valence-electron chi connectivity index (χ1n) is 7.23. The largest absolute Gasteiger partial charge is 0.417 e. The van der Waals surface area contributed by atoms with E-state index in [0.717, 1.165) is 12.3 Å². The van der Waals surface area contributed by atoms with E-state index in [1.54, 1.807) is 6.07 Å². The molecule has 26 heavy (non-hydrogen) atoms. The Balaban J connectivity index is 1.95. The van der Waals surface area contributed by atoms with Crippen LogP contribution in [-0.4, -0.2) is 27.1 Å². The predicted molar refractivity (Wildman–Crippen MR) is 88.8 cm³/mol. The van der Waals surface area contributed by atoms with Crippen molar-refractivity contribution < 1.29 is 26.4 Å². The molecule has 0 saturated carbocycles. The Morgan fingerprint density at radius 2 is 1.65 bits per heavy atom. The maximum absolute atomic E-state index is 12.8. The number of halogens is 3. The van der Waals surface area contributed by atoms with E-state index >= 15 is 0 Å². The molecular weight excluding hydrogens is 371 g/mol. The number of carbonyl (C=O) groups is 1. The zero-order valence-electron chi connectivity index (χ0n) is 13.2. The van der Waals surface area contributed by atoms with Gasteiger partial charge in [-0.3, -0.25) is 4.79 Å². The second-order valence-electron chi connectivity index (χ2n) is 5.02. The van der Waals surface area contributed by atoms with Crippen molar-refractivity contribution in [2.24, 2.45) is 5.10 Å². The number of benzene rings is 2. The molecule has 2 rings (SSSR count). The van der Waals surface area contributed by atoms with Gasteiger partial charge in [0, 0.05) is 5.56 Å². The van der Waals surface area contributed by atoms with E-state index in [4.69, 9.17) is 0 Å². The third-order valence-electron chi connectivity index (χ3n) is 3.14. The Bertz CT molecular complexity index is 898. The van der Waals surface area contributed by atoms with Crippen LogP contribution in [0.2, 0.25) is 0 Å². The van der Waals surface area contributed by atoms with Crippen LogP contribution < -0.4 is 10.1 Å². The fourth-order valence-corrected chi connectivity index (χ4v) is 2.93. The van der Waals surface area contributed by atoms with Crippen LogP contribution in [0.5, 0.6) is 0 Å². The highest BCUT2D eigenvalue weighted by Gasteiger charge is 2.32. The lowest BCUT2D eigenvalue weighted by Crippen LogP contribution is -2.34. The van der Waals surface area contributed by atoms with Crippen molar-refractivity contribution in [2.45, 2.75) is 11.1 Å². The number of nitrogens with zero attached hydrogens (tertiary/aromatic N) is 1. The fourth-order valence-electron chi connectivity index (χ4n) is 1.92. The third kappa shape index (κ3) is 5.39. The van der Waals surface area contributed by atoms with E-state index in [-0.39, 0.29) is 10.5 Å². The summed E-state index contributed by atoms with van der Waals surface area (Å²) in [5, 5.41) is 3.43. The van der Waals surface area contributed by atoms with Gasteiger partial charge in [-0.25, -0.2) is 18.6 Å². The zero-order chi connectivity index (χ0) is 19.2. The number of hydrazone groups is 1. The Hall–Kier alpha value is -2.72. The lowest BCUT2D eigenvalue weighted by molar-refractivity contribution is -0.137. The Morgan fingerprint density at radius 1 is 1.04 bits per heavy atom. The van der Waals surface area contributed by atoms with Gasteiger partial charge in [-0.2, -0.15) is 18.3 Å². The molecular formula is C16H14F3N3O3S. The van der Waals surface area contributed by atoms with Crippen LogP contribution in [0.15, 0.2) is 64.6 Å². The second kappa shape index (κ2) is 8.11. The van der Waals surface area contributed by atoms with Crippen LogP contribution >= 0.6 is 0 Å². The van der Waals surface area contributed by atoms with Gasteiger partial charge in [0.25, 0.3) is 5.91 Å². The van der Waals surface area contributed by atoms with Crippen LogP contribution in [0.1, 0.15) is 11.1 Å². The summed E-state index contributed by atoms with van der Waals surface area (Å²) < 4.78 is 64.4. The lowest BCUT2D eigenvalue weighted by Gasteiger charge is -2.09. The molecule has 6 nitrogen and oxygen atoms in total.